The number of imide groups is 1. The molecule has 0 spiro atoms. The Morgan fingerprint density at radius 1 is 0.906 bits per heavy atom. The van der Waals surface area contributed by atoms with Crippen LogP contribution in [0.5, 0.6) is 0 Å². The topological polar surface area (TPSA) is 74.8 Å². The van der Waals surface area contributed by atoms with Gasteiger partial charge in [0.15, 0.2) is 0 Å². The number of hydrogen-bond acceptors (Lipinski definition) is 4. The van der Waals surface area contributed by atoms with E-state index >= 15 is 0 Å². The van der Waals surface area contributed by atoms with Crippen LogP contribution in [0.3, 0.4) is 0 Å². The third kappa shape index (κ3) is 8.32. The van der Waals surface area contributed by atoms with Crippen molar-refractivity contribution < 1.29 is 19.2 Å². The molecular weight excluding hydrogens is 404 g/mol. The van der Waals surface area contributed by atoms with Gasteiger partial charge in [-0.2, -0.15) is 0 Å². The van der Waals surface area contributed by atoms with Gasteiger partial charge < -0.3 is 4.90 Å². The molecule has 0 aliphatic carbocycles. The number of carbonyl (C=O) groups excluding carboxylic acids is 4. The summed E-state index contributed by atoms with van der Waals surface area (Å²) in [6.07, 6.45) is 9.57. The van der Waals surface area contributed by atoms with Crippen LogP contribution in [-0.2, 0) is 19.2 Å². The molecule has 0 N–H and O–H groups in total. The second kappa shape index (κ2) is 12.5. The molecule has 2 heterocycles. The van der Waals surface area contributed by atoms with Gasteiger partial charge in [-0.3, -0.25) is 24.1 Å². The lowest BCUT2D eigenvalue weighted by atomic mass is 9.80. The van der Waals surface area contributed by atoms with E-state index in [9.17, 15) is 19.2 Å². The molecule has 0 aromatic heterocycles. The standard InChI is InChI=1S/C26H44N2O4/c1-20-15-17-27(19-20)23(30)14-10-6-5-8-12-21(29)13-9-7-11-16-28-24(31)18-22(25(28)32)26(2,3)4/h20,22H,5-19H2,1-4H3/t20-,22?/m0/s1. The van der Waals surface area contributed by atoms with Gasteiger partial charge >= 0.3 is 0 Å². The Balaban J connectivity index is 1.46. The van der Waals surface area contributed by atoms with E-state index in [0.717, 1.165) is 64.5 Å². The molecule has 2 fully saturated rings. The first kappa shape index (κ1) is 26.5. The van der Waals surface area contributed by atoms with Crippen LogP contribution in [0, 0.1) is 17.3 Å². The fourth-order valence-electron chi connectivity index (χ4n) is 4.76. The van der Waals surface area contributed by atoms with Crippen molar-refractivity contribution >= 4 is 23.5 Å². The Labute approximate surface area is 194 Å². The summed E-state index contributed by atoms with van der Waals surface area (Å²) in [6.45, 7) is 10.5. The van der Waals surface area contributed by atoms with Crippen LogP contribution in [0.2, 0.25) is 0 Å². The lowest BCUT2D eigenvalue weighted by Gasteiger charge is -2.24. The molecular formula is C26H44N2O4. The van der Waals surface area contributed by atoms with Crippen molar-refractivity contribution in [3.8, 4) is 0 Å². The molecule has 6 heteroatoms. The Kier molecular flexibility index (Phi) is 10.4. The number of ketones is 1. The maximum Gasteiger partial charge on any atom is 0.233 e. The first-order valence-electron chi connectivity index (χ1n) is 12.7. The zero-order valence-corrected chi connectivity index (χ0v) is 20.8. The third-order valence-corrected chi connectivity index (χ3v) is 7.00. The average Bonchev–Trinajstić information content (AvgIpc) is 3.27. The number of rotatable bonds is 13. The lowest BCUT2D eigenvalue weighted by molar-refractivity contribution is -0.140. The van der Waals surface area contributed by atoms with Gasteiger partial charge in [0.1, 0.15) is 5.78 Å². The largest absolute Gasteiger partial charge is 0.342 e. The van der Waals surface area contributed by atoms with Gasteiger partial charge in [0, 0.05) is 45.3 Å². The Morgan fingerprint density at radius 3 is 2.03 bits per heavy atom. The second-order valence-corrected chi connectivity index (χ2v) is 11.0. The summed E-state index contributed by atoms with van der Waals surface area (Å²) in [6, 6.07) is 0. The first-order chi connectivity index (χ1) is 15.1. The number of likely N-dealkylation sites (tertiary alicyclic amines) is 2. The molecule has 182 valence electrons. The zero-order chi connectivity index (χ0) is 23.7. The molecule has 2 aliphatic heterocycles. The molecule has 1 unspecified atom stereocenters. The summed E-state index contributed by atoms with van der Waals surface area (Å²) in [7, 11) is 0. The molecule has 0 aromatic rings. The van der Waals surface area contributed by atoms with E-state index in [-0.39, 0.29) is 29.1 Å². The third-order valence-electron chi connectivity index (χ3n) is 7.00. The van der Waals surface area contributed by atoms with Crippen molar-refractivity contribution in [2.24, 2.45) is 17.3 Å². The maximum absolute atomic E-state index is 12.5. The monoisotopic (exact) mass is 448 g/mol. The average molecular weight is 449 g/mol. The minimum absolute atomic E-state index is 0.0322. The summed E-state index contributed by atoms with van der Waals surface area (Å²) >= 11 is 0. The van der Waals surface area contributed by atoms with Gasteiger partial charge in [-0.05, 0) is 43.4 Å². The Bertz CT molecular complexity index is 667. The van der Waals surface area contributed by atoms with Crippen LogP contribution in [-0.4, -0.2) is 52.9 Å². The Hall–Kier alpha value is -1.72. The van der Waals surface area contributed by atoms with E-state index in [0.29, 0.717) is 43.9 Å². The summed E-state index contributed by atoms with van der Waals surface area (Å²) < 4.78 is 0. The number of carbonyl (C=O) groups is 4. The van der Waals surface area contributed by atoms with E-state index in [1.807, 2.05) is 25.7 Å². The van der Waals surface area contributed by atoms with Gasteiger partial charge in [0.25, 0.3) is 0 Å². The molecule has 3 amide bonds. The predicted octanol–water partition coefficient (Wildman–Crippen LogP) is 4.75. The lowest BCUT2D eigenvalue weighted by Crippen LogP contribution is -2.34. The van der Waals surface area contributed by atoms with Crippen LogP contribution in [0.1, 0.15) is 105 Å². The van der Waals surface area contributed by atoms with Crippen LogP contribution < -0.4 is 0 Å². The number of hydrogen-bond donors (Lipinski definition) is 0. The van der Waals surface area contributed by atoms with Crippen LogP contribution in [0.25, 0.3) is 0 Å². The van der Waals surface area contributed by atoms with E-state index in [4.69, 9.17) is 0 Å². The highest BCUT2D eigenvalue weighted by atomic mass is 16.2. The summed E-state index contributed by atoms with van der Waals surface area (Å²) in [5, 5.41) is 0. The normalized spacial score (nSPS) is 21.6. The van der Waals surface area contributed by atoms with Gasteiger partial charge in [-0.1, -0.05) is 47.0 Å². The molecule has 2 saturated heterocycles. The molecule has 0 aromatic carbocycles. The van der Waals surface area contributed by atoms with Crippen LogP contribution >= 0.6 is 0 Å². The summed E-state index contributed by atoms with van der Waals surface area (Å²) in [5.74, 6) is 0.928. The molecule has 0 bridgehead atoms. The van der Waals surface area contributed by atoms with Crippen LogP contribution in [0.15, 0.2) is 0 Å². The molecule has 0 radical (unpaired) electrons. The fraction of sp³-hybridized carbons (Fsp3) is 0.846. The van der Waals surface area contributed by atoms with Crippen molar-refractivity contribution in [1.29, 1.82) is 0 Å². The van der Waals surface area contributed by atoms with Crippen molar-refractivity contribution in [1.82, 2.24) is 9.80 Å². The minimum atomic E-state index is -0.210. The van der Waals surface area contributed by atoms with Crippen molar-refractivity contribution in [2.75, 3.05) is 19.6 Å². The van der Waals surface area contributed by atoms with Crippen molar-refractivity contribution in [3.05, 3.63) is 0 Å². The van der Waals surface area contributed by atoms with E-state index in [1.165, 1.54) is 4.90 Å². The fourth-order valence-corrected chi connectivity index (χ4v) is 4.76. The van der Waals surface area contributed by atoms with Crippen molar-refractivity contribution in [3.63, 3.8) is 0 Å². The quantitative estimate of drug-likeness (QED) is 0.301. The number of unbranched alkanes of at least 4 members (excludes halogenated alkanes) is 5. The number of Topliss-reactive ketones (excluding diaryl/α,β-unsaturated/α-hetero) is 1. The summed E-state index contributed by atoms with van der Waals surface area (Å²) in [4.78, 5) is 52.2. The van der Waals surface area contributed by atoms with Crippen molar-refractivity contribution in [2.45, 2.75) is 105 Å². The Morgan fingerprint density at radius 2 is 1.50 bits per heavy atom. The van der Waals surface area contributed by atoms with Gasteiger partial charge in [-0.25, -0.2) is 0 Å². The molecule has 0 saturated carbocycles. The highest BCUT2D eigenvalue weighted by molar-refractivity contribution is 6.03. The number of nitrogens with zero attached hydrogens (tertiary/aromatic N) is 2. The van der Waals surface area contributed by atoms with E-state index < -0.39 is 0 Å². The maximum atomic E-state index is 12.5. The van der Waals surface area contributed by atoms with E-state index in [1.54, 1.807) is 0 Å². The van der Waals surface area contributed by atoms with Gasteiger partial charge in [-0.15, -0.1) is 0 Å². The second-order valence-electron chi connectivity index (χ2n) is 11.0. The highest BCUT2D eigenvalue weighted by Gasteiger charge is 2.44. The molecule has 6 nitrogen and oxygen atoms in total. The smallest absolute Gasteiger partial charge is 0.233 e. The summed E-state index contributed by atoms with van der Waals surface area (Å²) in [5.41, 5.74) is -0.184. The van der Waals surface area contributed by atoms with Crippen LogP contribution in [0.4, 0.5) is 0 Å². The number of amides is 3. The highest BCUT2D eigenvalue weighted by Crippen LogP contribution is 2.35. The minimum Gasteiger partial charge on any atom is -0.342 e. The van der Waals surface area contributed by atoms with Gasteiger partial charge in [0.05, 0.1) is 5.92 Å². The predicted molar refractivity (Wildman–Crippen MR) is 126 cm³/mol. The molecule has 2 aliphatic rings. The first-order valence-corrected chi connectivity index (χ1v) is 12.7. The molecule has 32 heavy (non-hydrogen) atoms. The zero-order valence-electron chi connectivity index (χ0n) is 20.8. The molecule has 2 rings (SSSR count). The molecule has 2 atom stereocenters. The SMILES string of the molecule is C[C@H]1CCN(C(=O)CCCCCCC(=O)CCCCCN2C(=O)CC(C(C)(C)C)C2=O)C1. The van der Waals surface area contributed by atoms with Gasteiger partial charge in [0.2, 0.25) is 17.7 Å². The van der Waals surface area contributed by atoms with E-state index in [2.05, 4.69) is 6.92 Å².